The van der Waals surface area contributed by atoms with Crippen LogP contribution in [0.3, 0.4) is 0 Å². The van der Waals surface area contributed by atoms with E-state index >= 15 is 0 Å². The maximum absolute atomic E-state index is 11.9. The van der Waals surface area contributed by atoms with E-state index in [0.717, 1.165) is 4.90 Å². The van der Waals surface area contributed by atoms with E-state index < -0.39 is 29.8 Å². The molecule has 0 spiro atoms. The summed E-state index contributed by atoms with van der Waals surface area (Å²) in [5.74, 6) is -0.468. The molecule has 0 aliphatic carbocycles. The molecule has 0 bridgehead atoms. The summed E-state index contributed by atoms with van der Waals surface area (Å²) in [5.41, 5.74) is 0.0789. The quantitative estimate of drug-likeness (QED) is 0.680. The Kier molecular flexibility index (Phi) is 4.77. The lowest BCUT2D eigenvalue weighted by molar-refractivity contribution is -0.141. The normalized spacial score (nSPS) is 19.5. The summed E-state index contributed by atoms with van der Waals surface area (Å²) in [6.45, 7) is -0.0993. The number of pyridine rings is 1. The van der Waals surface area contributed by atoms with Gasteiger partial charge in [0, 0.05) is 23.9 Å². The van der Waals surface area contributed by atoms with Crippen molar-refractivity contribution in [3.63, 3.8) is 0 Å². The number of benzene rings is 1. The van der Waals surface area contributed by atoms with Crippen molar-refractivity contribution in [3.8, 4) is 11.5 Å². The van der Waals surface area contributed by atoms with Crippen molar-refractivity contribution >= 4 is 38.9 Å². The van der Waals surface area contributed by atoms with Crippen LogP contribution in [0.1, 0.15) is 6.42 Å². The Morgan fingerprint density at radius 3 is 2.58 bits per heavy atom. The fourth-order valence-electron chi connectivity index (χ4n) is 2.99. The van der Waals surface area contributed by atoms with E-state index in [1.807, 2.05) is 0 Å². The van der Waals surface area contributed by atoms with Crippen LogP contribution in [0.4, 0.5) is 4.79 Å². The van der Waals surface area contributed by atoms with Gasteiger partial charge in [0.25, 0.3) is 5.56 Å². The fraction of sp³-hybridized carbons (Fsp3) is 0.312. The number of hydrogen-bond acceptors (Lipinski definition) is 5. The molecule has 2 atom stereocenters. The minimum atomic E-state index is -1.33. The number of hydrogen-bond donors (Lipinski definition) is 3. The zero-order valence-corrected chi connectivity index (χ0v) is 15.1. The molecule has 0 saturated carbocycles. The van der Waals surface area contributed by atoms with Crippen LogP contribution in [0.5, 0.6) is 11.5 Å². The predicted octanol–water partition coefficient (Wildman–Crippen LogP) is 1.88. The van der Waals surface area contributed by atoms with Gasteiger partial charge in [-0.2, -0.15) is 0 Å². The van der Waals surface area contributed by atoms with Crippen molar-refractivity contribution in [3.05, 3.63) is 33.0 Å². The zero-order chi connectivity index (χ0) is 19.0. The molecule has 1 aliphatic rings. The number of carbonyl (C=O) groups is 2. The van der Waals surface area contributed by atoms with Crippen molar-refractivity contribution in [2.75, 3.05) is 13.7 Å². The van der Waals surface area contributed by atoms with Crippen LogP contribution in [-0.4, -0.2) is 58.0 Å². The molecule has 1 fully saturated rings. The van der Waals surface area contributed by atoms with Gasteiger partial charge in [-0.3, -0.25) is 9.69 Å². The fourth-order valence-corrected chi connectivity index (χ4v) is 3.49. The number of aliphatic carboxylic acids is 1. The molecule has 138 valence electrons. The summed E-state index contributed by atoms with van der Waals surface area (Å²) in [7, 11) is 1.50. The predicted molar refractivity (Wildman–Crippen MR) is 94.0 cm³/mol. The monoisotopic (exact) mass is 426 g/mol. The second kappa shape index (κ2) is 6.87. The molecule has 3 rings (SSSR count). The van der Waals surface area contributed by atoms with E-state index in [-0.39, 0.29) is 18.7 Å². The lowest BCUT2D eigenvalue weighted by Crippen LogP contribution is -2.39. The average Bonchev–Trinajstić information content (AvgIpc) is 2.99. The van der Waals surface area contributed by atoms with Gasteiger partial charge in [-0.15, -0.1) is 0 Å². The molecule has 2 heterocycles. The number of aromatic amines is 1. The Hall–Kier alpha value is -2.75. The van der Waals surface area contributed by atoms with E-state index in [0.29, 0.717) is 21.1 Å². The third-order valence-electron chi connectivity index (χ3n) is 4.16. The largest absolute Gasteiger partial charge is 0.495 e. The Bertz CT molecular complexity index is 920. The van der Waals surface area contributed by atoms with Gasteiger partial charge >= 0.3 is 12.1 Å². The van der Waals surface area contributed by atoms with Crippen LogP contribution in [-0.2, 0) is 4.79 Å². The Morgan fingerprint density at radius 1 is 1.27 bits per heavy atom. The molecule has 3 N–H and O–H groups in total. The number of carboxylic acid groups (broad SMARTS) is 2. The minimum Gasteiger partial charge on any atom is -0.495 e. The molecular formula is C16H15BrN2O7. The number of nitrogens with zero attached hydrogens (tertiary/aromatic N) is 1. The topological polar surface area (TPSA) is 129 Å². The van der Waals surface area contributed by atoms with E-state index in [2.05, 4.69) is 20.9 Å². The second-order valence-corrected chi connectivity index (χ2v) is 6.65. The number of nitrogens with one attached hydrogen (secondary N) is 1. The van der Waals surface area contributed by atoms with Crippen LogP contribution >= 0.6 is 15.9 Å². The van der Waals surface area contributed by atoms with Gasteiger partial charge in [-0.25, -0.2) is 9.59 Å². The zero-order valence-electron chi connectivity index (χ0n) is 13.6. The lowest BCUT2D eigenvalue weighted by atomic mass is 10.1. The van der Waals surface area contributed by atoms with Gasteiger partial charge in [0.15, 0.2) is 0 Å². The Labute approximate surface area is 155 Å². The van der Waals surface area contributed by atoms with Gasteiger partial charge in [0.2, 0.25) is 0 Å². The lowest BCUT2D eigenvalue weighted by Gasteiger charge is -2.17. The van der Waals surface area contributed by atoms with Crippen molar-refractivity contribution in [1.29, 1.82) is 0 Å². The molecule has 0 radical (unpaired) electrons. The molecule has 1 aromatic heterocycles. The summed E-state index contributed by atoms with van der Waals surface area (Å²) < 4.78 is 11.7. The number of methoxy groups -OCH3 is 1. The maximum atomic E-state index is 11.9. The van der Waals surface area contributed by atoms with E-state index in [9.17, 15) is 19.5 Å². The number of rotatable bonds is 4. The molecule has 1 saturated heterocycles. The van der Waals surface area contributed by atoms with Crippen molar-refractivity contribution in [1.82, 2.24) is 9.88 Å². The van der Waals surface area contributed by atoms with Crippen molar-refractivity contribution in [2.24, 2.45) is 0 Å². The first-order chi connectivity index (χ1) is 12.3. The summed E-state index contributed by atoms with van der Waals surface area (Å²) >= 11 is 3.36. The number of H-pyrrole nitrogens is 1. The highest BCUT2D eigenvalue weighted by Gasteiger charge is 2.41. The van der Waals surface area contributed by atoms with E-state index in [1.165, 1.54) is 13.2 Å². The SMILES string of the molecule is COc1cc2[nH]c(=O)cc(O[C@@H]3C[C@@H](C(=O)O)N(C(=O)O)C3)c2cc1Br. The minimum absolute atomic E-state index is 0.00670. The van der Waals surface area contributed by atoms with Crippen LogP contribution in [0.15, 0.2) is 27.5 Å². The van der Waals surface area contributed by atoms with Gasteiger partial charge in [0.05, 0.1) is 23.6 Å². The van der Waals surface area contributed by atoms with Gasteiger partial charge < -0.3 is 24.7 Å². The third-order valence-corrected chi connectivity index (χ3v) is 4.78. The average molecular weight is 427 g/mol. The van der Waals surface area contributed by atoms with Crippen LogP contribution in [0.2, 0.25) is 0 Å². The Morgan fingerprint density at radius 2 is 2.00 bits per heavy atom. The smallest absolute Gasteiger partial charge is 0.408 e. The van der Waals surface area contributed by atoms with E-state index in [1.54, 1.807) is 12.1 Å². The highest BCUT2D eigenvalue weighted by atomic mass is 79.9. The van der Waals surface area contributed by atoms with Crippen LogP contribution < -0.4 is 15.0 Å². The molecule has 1 aliphatic heterocycles. The molecule has 0 unspecified atom stereocenters. The van der Waals surface area contributed by atoms with Gasteiger partial charge in [0.1, 0.15) is 23.6 Å². The highest BCUT2D eigenvalue weighted by Crippen LogP contribution is 2.34. The van der Waals surface area contributed by atoms with Crippen LogP contribution in [0, 0.1) is 0 Å². The first-order valence-electron chi connectivity index (χ1n) is 7.59. The molecular weight excluding hydrogens is 412 g/mol. The molecule has 10 heteroatoms. The number of carboxylic acids is 1. The summed E-state index contributed by atoms with van der Waals surface area (Å²) in [6, 6.07) is 3.40. The molecule has 26 heavy (non-hydrogen) atoms. The summed E-state index contributed by atoms with van der Waals surface area (Å²) in [5, 5.41) is 18.9. The first kappa shape index (κ1) is 18.1. The Balaban J connectivity index is 1.96. The van der Waals surface area contributed by atoms with Crippen LogP contribution in [0.25, 0.3) is 10.9 Å². The van der Waals surface area contributed by atoms with Gasteiger partial charge in [-0.05, 0) is 22.0 Å². The third kappa shape index (κ3) is 3.32. The number of likely N-dealkylation sites (tertiary alicyclic amines) is 1. The number of amides is 1. The molecule has 1 amide bonds. The summed E-state index contributed by atoms with van der Waals surface area (Å²) in [6.07, 6.45) is -2.02. The summed E-state index contributed by atoms with van der Waals surface area (Å²) in [4.78, 5) is 37.9. The number of ether oxygens (including phenoxy) is 2. The number of aromatic nitrogens is 1. The standard InChI is InChI=1S/C16H15BrN2O7/c1-25-13-4-10-8(3-9(13)17)12(5-14(20)18-10)26-7-2-11(15(21)22)19(6-7)16(23)24/h3-5,7,11H,2,6H2,1H3,(H,18,20)(H,21,22)(H,23,24)/t7-,11+/m1/s1. The molecule has 1 aromatic carbocycles. The van der Waals surface area contributed by atoms with Crippen molar-refractivity contribution < 1.29 is 29.3 Å². The molecule has 9 nitrogen and oxygen atoms in total. The molecule has 2 aromatic rings. The van der Waals surface area contributed by atoms with E-state index in [4.69, 9.17) is 14.6 Å². The maximum Gasteiger partial charge on any atom is 0.408 e. The number of halogens is 1. The van der Waals surface area contributed by atoms with Gasteiger partial charge in [-0.1, -0.05) is 0 Å². The number of fused-ring (bicyclic) bond motifs is 1. The second-order valence-electron chi connectivity index (χ2n) is 5.79. The first-order valence-corrected chi connectivity index (χ1v) is 8.39. The van der Waals surface area contributed by atoms with Crippen molar-refractivity contribution in [2.45, 2.75) is 18.6 Å². The highest BCUT2D eigenvalue weighted by molar-refractivity contribution is 9.10.